The number of hydrogen-bond donors (Lipinski definition) is 3. The van der Waals surface area contributed by atoms with Crippen LogP contribution in [0, 0.1) is 5.92 Å². The topological polar surface area (TPSA) is 107 Å². The standard InChI is InChI=1S/C15H18N4O2/c16-15(17)18-13(20)7-12-10-3-1-2-4-11(10)14(21)19(12)8-9-5-6-9/h1-4,9,21H,5-8H2,(H4,16,17,18,20). The molecule has 1 aromatic carbocycles. The third-order valence-electron chi connectivity index (χ3n) is 3.77. The lowest BCUT2D eigenvalue weighted by Gasteiger charge is -2.08. The van der Waals surface area contributed by atoms with Crippen LogP contribution >= 0.6 is 0 Å². The SMILES string of the molecule is NC(N)=NC(=O)Cc1c2ccccc2c(O)n1CC1CC1. The molecular weight excluding hydrogens is 268 g/mol. The van der Waals surface area contributed by atoms with Gasteiger partial charge in [-0.2, -0.15) is 4.99 Å². The van der Waals surface area contributed by atoms with Crippen molar-refractivity contribution in [1.29, 1.82) is 0 Å². The number of aromatic nitrogens is 1. The van der Waals surface area contributed by atoms with Gasteiger partial charge in [-0.1, -0.05) is 18.2 Å². The Hall–Kier alpha value is -2.50. The molecule has 0 unspecified atom stereocenters. The van der Waals surface area contributed by atoms with E-state index in [-0.39, 0.29) is 18.3 Å². The van der Waals surface area contributed by atoms with Crippen LogP contribution in [0.5, 0.6) is 5.88 Å². The predicted molar refractivity (Wildman–Crippen MR) is 80.8 cm³/mol. The van der Waals surface area contributed by atoms with Gasteiger partial charge in [-0.05, 0) is 24.8 Å². The second kappa shape index (κ2) is 5.12. The first-order valence-corrected chi connectivity index (χ1v) is 6.97. The third-order valence-corrected chi connectivity index (χ3v) is 3.77. The quantitative estimate of drug-likeness (QED) is 0.578. The molecular formula is C15H18N4O2. The summed E-state index contributed by atoms with van der Waals surface area (Å²) >= 11 is 0. The van der Waals surface area contributed by atoms with Crippen LogP contribution in [0.4, 0.5) is 0 Å². The van der Waals surface area contributed by atoms with Crippen LogP contribution in [0.15, 0.2) is 29.3 Å². The molecule has 0 aliphatic heterocycles. The lowest BCUT2D eigenvalue weighted by Crippen LogP contribution is -2.24. The van der Waals surface area contributed by atoms with Gasteiger partial charge in [0, 0.05) is 23.0 Å². The van der Waals surface area contributed by atoms with Crippen LogP contribution < -0.4 is 11.5 Å². The molecule has 1 fully saturated rings. The summed E-state index contributed by atoms with van der Waals surface area (Å²) in [7, 11) is 0. The maximum absolute atomic E-state index is 11.9. The van der Waals surface area contributed by atoms with Crippen LogP contribution in [0.25, 0.3) is 10.8 Å². The Morgan fingerprint density at radius 2 is 1.95 bits per heavy atom. The Balaban J connectivity index is 2.05. The molecule has 21 heavy (non-hydrogen) atoms. The molecule has 110 valence electrons. The van der Waals surface area contributed by atoms with Crippen LogP contribution in [-0.2, 0) is 17.8 Å². The van der Waals surface area contributed by atoms with Gasteiger partial charge in [0.2, 0.25) is 0 Å². The Morgan fingerprint density at radius 3 is 2.57 bits per heavy atom. The van der Waals surface area contributed by atoms with Gasteiger partial charge in [-0.3, -0.25) is 4.79 Å². The number of fused-ring (bicyclic) bond motifs is 1. The minimum Gasteiger partial charge on any atom is -0.494 e. The molecule has 5 N–H and O–H groups in total. The molecule has 1 heterocycles. The number of nitrogens with two attached hydrogens (primary N) is 2. The van der Waals surface area contributed by atoms with Crippen molar-refractivity contribution in [1.82, 2.24) is 4.57 Å². The molecule has 3 rings (SSSR count). The number of benzene rings is 1. The molecule has 0 atom stereocenters. The smallest absolute Gasteiger partial charge is 0.254 e. The maximum Gasteiger partial charge on any atom is 0.254 e. The normalized spacial score (nSPS) is 14.3. The zero-order chi connectivity index (χ0) is 15.0. The van der Waals surface area contributed by atoms with Crippen molar-refractivity contribution in [2.24, 2.45) is 22.4 Å². The number of amides is 1. The number of aromatic hydroxyl groups is 1. The Kier molecular flexibility index (Phi) is 3.29. The number of carbonyl (C=O) groups is 1. The average Bonchev–Trinajstić information content (AvgIpc) is 3.21. The van der Waals surface area contributed by atoms with E-state index in [1.807, 2.05) is 28.8 Å². The zero-order valence-corrected chi connectivity index (χ0v) is 11.6. The molecule has 1 aliphatic rings. The molecule has 0 radical (unpaired) electrons. The summed E-state index contributed by atoms with van der Waals surface area (Å²) < 4.78 is 1.82. The summed E-state index contributed by atoms with van der Waals surface area (Å²) in [4.78, 5) is 15.4. The summed E-state index contributed by atoms with van der Waals surface area (Å²) in [6.45, 7) is 0.727. The fourth-order valence-electron chi connectivity index (χ4n) is 2.62. The summed E-state index contributed by atoms with van der Waals surface area (Å²) in [5.74, 6) is 0.142. The van der Waals surface area contributed by atoms with Gasteiger partial charge in [-0.15, -0.1) is 0 Å². The Bertz CT molecular complexity index is 725. The molecule has 1 aromatic heterocycles. The molecule has 6 nitrogen and oxygen atoms in total. The van der Waals surface area contributed by atoms with Crippen molar-refractivity contribution in [2.75, 3.05) is 0 Å². The van der Waals surface area contributed by atoms with Crippen LogP contribution in [0.2, 0.25) is 0 Å². The van der Waals surface area contributed by atoms with Gasteiger partial charge >= 0.3 is 0 Å². The number of nitrogens with zero attached hydrogens (tertiary/aromatic N) is 2. The van der Waals surface area contributed by atoms with E-state index in [1.54, 1.807) is 0 Å². The van der Waals surface area contributed by atoms with Crippen molar-refractivity contribution in [2.45, 2.75) is 25.8 Å². The number of aliphatic imine (C=N–C) groups is 1. The van der Waals surface area contributed by atoms with Gasteiger partial charge < -0.3 is 21.1 Å². The Labute approximate surface area is 122 Å². The average molecular weight is 286 g/mol. The van der Waals surface area contributed by atoms with E-state index in [0.29, 0.717) is 5.92 Å². The monoisotopic (exact) mass is 286 g/mol. The second-order valence-electron chi connectivity index (χ2n) is 5.48. The van der Waals surface area contributed by atoms with Gasteiger partial charge in [0.15, 0.2) is 11.8 Å². The van der Waals surface area contributed by atoms with Crippen molar-refractivity contribution in [3.05, 3.63) is 30.0 Å². The fourth-order valence-corrected chi connectivity index (χ4v) is 2.62. The van der Waals surface area contributed by atoms with Crippen molar-refractivity contribution >= 4 is 22.6 Å². The molecule has 1 aliphatic carbocycles. The van der Waals surface area contributed by atoms with E-state index in [2.05, 4.69) is 4.99 Å². The molecule has 0 saturated heterocycles. The van der Waals surface area contributed by atoms with Crippen molar-refractivity contribution in [3.8, 4) is 5.88 Å². The highest BCUT2D eigenvalue weighted by Crippen LogP contribution is 2.37. The molecule has 1 amide bonds. The van der Waals surface area contributed by atoms with E-state index in [0.717, 1.165) is 35.9 Å². The molecule has 2 aromatic rings. The summed E-state index contributed by atoms with van der Waals surface area (Å²) in [6, 6.07) is 7.50. The largest absolute Gasteiger partial charge is 0.494 e. The summed E-state index contributed by atoms with van der Waals surface area (Å²) in [6.07, 6.45) is 2.40. The van der Waals surface area contributed by atoms with Crippen molar-refractivity contribution in [3.63, 3.8) is 0 Å². The molecule has 1 saturated carbocycles. The number of hydrogen-bond acceptors (Lipinski definition) is 2. The van der Waals surface area contributed by atoms with Crippen LogP contribution in [0.3, 0.4) is 0 Å². The van der Waals surface area contributed by atoms with Crippen LogP contribution in [0.1, 0.15) is 18.5 Å². The van der Waals surface area contributed by atoms with Gasteiger partial charge in [0.25, 0.3) is 5.91 Å². The molecule has 6 heteroatoms. The lowest BCUT2D eigenvalue weighted by molar-refractivity contribution is -0.117. The van der Waals surface area contributed by atoms with E-state index in [1.165, 1.54) is 0 Å². The van der Waals surface area contributed by atoms with Gasteiger partial charge in [0.05, 0.1) is 6.42 Å². The van der Waals surface area contributed by atoms with E-state index < -0.39 is 5.91 Å². The summed E-state index contributed by atoms with van der Waals surface area (Å²) in [5, 5.41) is 12.0. The first kappa shape index (κ1) is 13.5. The number of carbonyl (C=O) groups excluding carboxylic acids is 1. The van der Waals surface area contributed by atoms with Crippen LogP contribution in [-0.4, -0.2) is 21.5 Å². The first-order chi connectivity index (χ1) is 10.1. The highest BCUT2D eigenvalue weighted by Gasteiger charge is 2.26. The third kappa shape index (κ3) is 2.69. The highest BCUT2D eigenvalue weighted by atomic mass is 16.3. The number of guanidine groups is 1. The Morgan fingerprint density at radius 1 is 1.29 bits per heavy atom. The summed E-state index contributed by atoms with van der Waals surface area (Å²) in [5.41, 5.74) is 11.3. The fraction of sp³-hybridized carbons (Fsp3) is 0.333. The van der Waals surface area contributed by atoms with Crippen molar-refractivity contribution < 1.29 is 9.90 Å². The van der Waals surface area contributed by atoms with Gasteiger partial charge in [0.1, 0.15) is 0 Å². The zero-order valence-electron chi connectivity index (χ0n) is 11.6. The molecule has 0 bridgehead atoms. The second-order valence-corrected chi connectivity index (χ2v) is 5.48. The maximum atomic E-state index is 11.9. The van der Waals surface area contributed by atoms with E-state index in [9.17, 15) is 9.90 Å². The number of rotatable bonds is 4. The molecule has 0 spiro atoms. The van der Waals surface area contributed by atoms with E-state index >= 15 is 0 Å². The van der Waals surface area contributed by atoms with Gasteiger partial charge in [-0.25, -0.2) is 0 Å². The van der Waals surface area contributed by atoms with E-state index in [4.69, 9.17) is 11.5 Å². The minimum atomic E-state index is -0.407. The lowest BCUT2D eigenvalue weighted by atomic mass is 10.1. The minimum absolute atomic E-state index is 0.0751. The highest BCUT2D eigenvalue weighted by molar-refractivity contribution is 5.97. The first-order valence-electron chi connectivity index (χ1n) is 6.97. The predicted octanol–water partition coefficient (Wildman–Crippen LogP) is 1.10.